The van der Waals surface area contributed by atoms with Crippen LogP contribution < -0.4 is 10.6 Å². The molecule has 0 bridgehead atoms. The lowest BCUT2D eigenvalue weighted by Gasteiger charge is -2.12. The lowest BCUT2D eigenvalue weighted by atomic mass is 10.1. The monoisotopic (exact) mass is 383 g/mol. The Labute approximate surface area is 161 Å². The molecule has 1 heterocycles. The maximum atomic E-state index is 12.2. The van der Waals surface area contributed by atoms with Crippen LogP contribution in [0.25, 0.3) is 0 Å². The third kappa shape index (κ3) is 4.92. The topological polar surface area (TPSA) is 88.9 Å². The van der Waals surface area contributed by atoms with E-state index in [4.69, 9.17) is 11.6 Å². The minimum Gasteiger partial charge on any atom is -0.326 e. The minimum absolute atomic E-state index is 0.167. The number of rotatable bonds is 6. The van der Waals surface area contributed by atoms with Crippen LogP contribution in [0.4, 0.5) is 11.4 Å². The number of hydrogen-bond acceptors (Lipinski definition) is 4. The van der Waals surface area contributed by atoms with Crippen LogP contribution in [0, 0.1) is 0 Å². The first-order valence-electron chi connectivity index (χ1n) is 8.31. The molecule has 0 saturated heterocycles. The van der Waals surface area contributed by atoms with Crippen molar-refractivity contribution in [2.45, 2.75) is 19.4 Å². The summed E-state index contributed by atoms with van der Waals surface area (Å²) >= 11 is 6.07. The lowest BCUT2D eigenvalue weighted by Crippen LogP contribution is -2.24. The van der Waals surface area contributed by atoms with Gasteiger partial charge in [-0.05, 0) is 42.8 Å². The lowest BCUT2D eigenvalue weighted by molar-refractivity contribution is -0.119. The van der Waals surface area contributed by atoms with Crippen molar-refractivity contribution in [3.63, 3.8) is 0 Å². The molecule has 0 spiro atoms. The Bertz CT molecular complexity index is 926. The summed E-state index contributed by atoms with van der Waals surface area (Å²) in [4.78, 5) is 28.2. The Morgan fingerprint density at radius 2 is 1.74 bits per heavy atom. The van der Waals surface area contributed by atoms with Crippen molar-refractivity contribution < 1.29 is 9.59 Å². The summed E-state index contributed by atoms with van der Waals surface area (Å²) in [5.74, 6) is -0.379. The van der Waals surface area contributed by atoms with E-state index in [0.717, 1.165) is 5.56 Å². The first-order chi connectivity index (χ1) is 13.0. The highest BCUT2D eigenvalue weighted by Crippen LogP contribution is 2.18. The average molecular weight is 384 g/mol. The number of nitrogens with zero attached hydrogens (tertiary/aromatic N) is 3. The molecule has 0 saturated carbocycles. The van der Waals surface area contributed by atoms with E-state index in [-0.39, 0.29) is 18.2 Å². The van der Waals surface area contributed by atoms with Crippen LogP contribution >= 0.6 is 11.6 Å². The van der Waals surface area contributed by atoms with Gasteiger partial charge in [-0.3, -0.25) is 9.59 Å². The molecular formula is C19H18ClN5O2. The average Bonchev–Trinajstić information content (AvgIpc) is 3.19. The van der Waals surface area contributed by atoms with E-state index in [9.17, 15) is 9.59 Å². The summed E-state index contributed by atoms with van der Waals surface area (Å²) in [5.41, 5.74) is 2.02. The van der Waals surface area contributed by atoms with Crippen molar-refractivity contribution in [3.8, 4) is 0 Å². The summed E-state index contributed by atoms with van der Waals surface area (Å²) in [6.07, 6.45) is 3.05. The zero-order valence-electron chi connectivity index (χ0n) is 14.6. The summed E-state index contributed by atoms with van der Waals surface area (Å²) in [7, 11) is 0. The quantitative estimate of drug-likeness (QED) is 0.683. The van der Waals surface area contributed by atoms with E-state index >= 15 is 0 Å². The Balaban J connectivity index is 1.56. The molecule has 3 aromatic rings. The highest BCUT2D eigenvalue weighted by atomic mass is 35.5. The molecule has 0 radical (unpaired) electrons. The minimum atomic E-state index is -0.484. The fraction of sp³-hybridized carbons (Fsp3) is 0.158. The number of carbonyl (C=O) groups excluding carboxylic acids is 2. The maximum absolute atomic E-state index is 12.2. The normalized spacial score (nSPS) is 11.6. The molecule has 8 heteroatoms. The molecule has 3 rings (SSSR count). The zero-order chi connectivity index (χ0) is 19.2. The van der Waals surface area contributed by atoms with Gasteiger partial charge in [0.05, 0.1) is 6.42 Å². The van der Waals surface area contributed by atoms with Crippen molar-refractivity contribution in [3.05, 3.63) is 71.8 Å². The van der Waals surface area contributed by atoms with Gasteiger partial charge in [0.1, 0.15) is 18.7 Å². The molecule has 0 aliphatic carbocycles. The smallest absolute Gasteiger partial charge is 0.249 e. The predicted molar refractivity (Wildman–Crippen MR) is 104 cm³/mol. The molecule has 1 atom stereocenters. The van der Waals surface area contributed by atoms with Crippen LogP contribution in [0.3, 0.4) is 0 Å². The predicted octanol–water partition coefficient (Wildman–Crippen LogP) is 3.31. The van der Waals surface area contributed by atoms with Crippen LogP contribution in [0.15, 0.2) is 61.2 Å². The largest absolute Gasteiger partial charge is 0.326 e. The van der Waals surface area contributed by atoms with Gasteiger partial charge in [0, 0.05) is 16.4 Å². The van der Waals surface area contributed by atoms with Gasteiger partial charge in [-0.25, -0.2) is 9.67 Å². The van der Waals surface area contributed by atoms with Crippen LogP contribution in [-0.4, -0.2) is 26.6 Å². The number of halogens is 1. The Morgan fingerprint density at radius 3 is 2.37 bits per heavy atom. The molecule has 1 aromatic heterocycles. The van der Waals surface area contributed by atoms with E-state index in [1.54, 1.807) is 37.3 Å². The third-order valence-corrected chi connectivity index (χ3v) is 4.33. The van der Waals surface area contributed by atoms with Crippen molar-refractivity contribution in [1.82, 2.24) is 14.8 Å². The molecule has 0 aliphatic heterocycles. The van der Waals surface area contributed by atoms with E-state index < -0.39 is 6.04 Å². The zero-order valence-corrected chi connectivity index (χ0v) is 15.3. The number of aromatic nitrogens is 3. The van der Waals surface area contributed by atoms with E-state index in [1.165, 1.54) is 17.3 Å². The van der Waals surface area contributed by atoms with Gasteiger partial charge in [-0.1, -0.05) is 29.8 Å². The molecule has 7 nitrogen and oxygen atoms in total. The van der Waals surface area contributed by atoms with E-state index in [2.05, 4.69) is 20.7 Å². The van der Waals surface area contributed by atoms with Gasteiger partial charge in [-0.2, -0.15) is 5.10 Å². The molecular weight excluding hydrogens is 366 g/mol. The van der Waals surface area contributed by atoms with Gasteiger partial charge >= 0.3 is 0 Å². The summed E-state index contributed by atoms with van der Waals surface area (Å²) in [6.45, 7) is 1.73. The van der Waals surface area contributed by atoms with Crippen molar-refractivity contribution in [2.75, 3.05) is 10.6 Å². The second-order valence-electron chi connectivity index (χ2n) is 5.93. The first kappa shape index (κ1) is 18.6. The fourth-order valence-corrected chi connectivity index (χ4v) is 2.64. The second kappa shape index (κ2) is 8.46. The van der Waals surface area contributed by atoms with Gasteiger partial charge < -0.3 is 10.6 Å². The molecule has 2 N–H and O–H groups in total. The van der Waals surface area contributed by atoms with E-state index in [1.807, 2.05) is 18.2 Å². The number of anilines is 2. The molecule has 2 amide bonds. The van der Waals surface area contributed by atoms with Crippen LogP contribution in [0.2, 0.25) is 5.02 Å². The molecule has 138 valence electrons. The Kier molecular flexibility index (Phi) is 5.83. The summed E-state index contributed by atoms with van der Waals surface area (Å²) < 4.78 is 1.47. The molecule has 0 aliphatic rings. The number of hydrogen-bond donors (Lipinski definition) is 2. The number of nitrogens with one attached hydrogen (secondary N) is 2. The molecule has 2 aromatic carbocycles. The van der Waals surface area contributed by atoms with Gasteiger partial charge in [0.15, 0.2) is 0 Å². The van der Waals surface area contributed by atoms with Gasteiger partial charge in [0.25, 0.3) is 0 Å². The SMILES string of the molecule is C[C@@H](C(=O)Nc1ccc(NC(=O)Cc2ccccc2Cl)cc1)n1cncn1. The highest BCUT2D eigenvalue weighted by Gasteiger charge is 2.15. The maximum Gasteiger partial charge on any atom is 0.249 e. The fourth-order valence-electron chi connectivity index (χ4n) is 2.44. The first-order valence-corrected chi connectivity index (χ1v) is 8.69. The molecule has 0 fully saturated rings. The highest BCUT2D eigenvalue weighted by molar-refractivity contribution is 6.31. The van der Waals surface area contributed by atoms with Crippen LogP contribution in [0.5, 0.6) is 0 Å². The molecule has 0 unspecified atom stereocenters. The van der Waals surface area contributed by atoms with Crippen molar-refractivity contribution in [2.24, 2.45) is 0 Å². The van der Waals surface area contributed by atoms with Gasteiger partial charge in [-0.15, -0.1) is 0 Å². The standard InChI is InChI=1S/C19H18ClN5O2/c1-13(25-12-21-11-22-25)19(27)24-16-8-6-15(7-9-16)23-18(26)10-14-4-2-3-5-17(14)20/h2-9,11-13H,10H2,1H3,(H,23,26)(H,24,27)/t13-/m0/s1. The molecule has 27 heavy (non-hydrogen) atoms. The second-order valence-corrected chi connectivity index (χ2v) is 6.34. The van der Waals surface area contributed by atoms with E-state index in [0.29, 0.717) is 16.4 Å². The third-order valence-electron chi connectivity index (χ3n) is 3.96. The van der Waals surface area contributed by atoms with Gasteiger partial charge in [0.2, 0.25) is 11.8 Å². The number of benzene rings is 2. The van der Waals surface area contributed by atoms with Crippen LogP contribution in [0.1, 0.15) is 18.5 Å². The Hall–Kier alpha value is -3.19. The number of carbonyl (C=O) groups is 2. The van der Waals surface area contributed by atoms with Crippen molar-refractivity contribution in [1.29, 1.82) is 0 Å². The summed E-state index contributed by atoms with van der Waals surface area (Å²) in [5, 5.41) is 10.1. The van der Waals surface area contributed by atoms with Crippen LogP contribution in [-0.2, 0) is 16.0 Å². The Morgan fingerprint density at radius 1 is 1.07 bits per heavy atom. The van der Waals surface area contributed by atoms with Crippen molar-refractivity contribution >= 4 is 34.8 Å². The summed E-state index contributed by atoms with van der Waals surface area (Å²) in [6, 6.07) is 13.6. The number of amides is 2.